The van der Waals surface area contributed by atoms with Gasteiger partial charge < -0.3 is 0 Å². The molecule has 184 valence electrons. The summed E-state index contributed by atoms with van der Waals surface area (Å²) in [6, 6.07) is 2.60. The number of halogens is 6. The SMILES string of the molecule is CCCCCCc1sccc1C1=C(c2ccsc2CCCCCC)C(F)(F)C(F)(F)C1(F)F. The van der Waals surface area contributed by atoms with E-state index in [1.165, 1.54) is 22.9 Å². The number of aryl methyl sites for hydroxylation is 2. The molecule has 8 heteroatoms. The standard InChI is InChI=1S/C25H30F6S2/c1-3-5-7-9-11-19-17(13-15-32-19)21-22(24(28,29)25(30,31)23(21,26)27)18-14-16-33-20(18)12-10-8-6-4-2/h13-16H,3-12H2,1-2H3. The Balaban J connectivity index is 2.10. The molecular formula is C25H30F6S2. The van der Waals surface area contributed by atoms with Crippen LogP contribution in [0.25, 0.3) is 11.1 Å². The highest BCUT2D eigenvalue weighted by Gasteiger charge is 2.80. The van der Waals surface area contributed by atoms with Crippen LogP contribution >= 0.6 is 22.7 Å². The van der Waals surface area contributed by atoms with Crippen LogP contribution in [-0.4, -0.2) is 17.8 Å². The Labute approximate surface area is 199 Å². The van der Waals surface area contributed by atoms with Gasteiger partial charge in [-0.3, -0.25) is 0 Å². The predicted octanol–water partition coefficient (Wildman–Crippen LogP) is 9.89. The first-order valence-corrected chi connectivity index (χ1v) is 13.4. The molecule has 2 aromatic rings. The molecule has 2 aromatic heterocycles. The van der Waals surface area contributed by atoms with Gasteiger partial charge in [-0.25, -0.2) is 0 Å². The van der Waals surface area contributed by atoms with Crippen LogP contribution in [0, 0.1) is 0 Å². The van der Waals surface area contributed by atoms with Crippen molar-refractivity contribution in [3.63, 3.8) is 0 Å². The fourth-order valence-corrected chi connectivity index (χ4v) is 6.23. The fraction of sp³-hybridized carbons (Fsp3) is 0.600. The monoisotopic (exact) mass is 508 g/mol. The first-order valence-electron chi connectivity index (χ1n) is 11.6. The second-order valence-electron chi connectivity index (χ2n) is 8.61. The molecule has 2 heterocycles. The van der Waals surface area contributed by atoms with E-state index in [9.17, 15) is 8.78 Å². The summed E-state index contributed by atoms with van der Waals surface area (Å²) < 4.78 is 89.7. The smallest absolute Gasteiger partial charge is 0.194 e. The van der Waals surface area contributed by atoms with E-state index in [0.29, 0.717) is 35.4 Å². The van der Waals surface area contributed by atoms with Crippen LogP contribution in [-0.2, 0) is 12.8 Å². The summed E-state index contributed by atoms with van der Waals surface area (Å²) in [7, 11) is 0. The van der Waals surface area contributed by atoms with E-state index in [1.807, 2.05) is 13.8 Å². The van der Waals surface area contributed by atoms with Crippen molar-refractivity contribution in [1.29, 1.82) is 0 Å². The van der Waals surface area contributed by atoms with E-state index in [1.54, 1.807) is 0 Å². The average Bonchev–Trinajstić information content (AvgIpc) is 3.42. The Morgan fingerprint density at radius 3 is 1.36 bits per heavy atom. The lowest BCUT2D eigenvalue weighted by molar-refractivity contribution is -0.254. The summed E-state index contributed by atoms with van der Waals surface area (Å²) in [5, 5.41) is 3.05. The van der Waals surface area contributed by atoms with Crippen molar-refractivity contribution in [2.24, 2.45) is 0 Å². The Bertz CT molecular complexity index is 880. The van der Waals surface area contributed by atoms with Gasteiger partial charge in [0.25, 0.3) is 0 Å². The first kappa shape index (κ1) is 26.3. The molecule has 0 bridgehead atoms. The molecule has 0 amide bonds. The molecule has 0 unspecified atom stereocenters. The van der Waals surface area contributed by atoms with Gasteiger partial charge in [0.05, 0.1) is 0 Å². The lowest BCUT2D eigenvalue weighted by atomic mass is 9.93. The second-order valence-corrected chi connectivity index (χ2v) is 10.6. The van der Waals surface area contributed by atoms with Crippen molar-refractivity contribution in [1.82, 2.24) is 0 Å². The molecule has 0 N–H and O–H groups in total. The quantitative estimate of drug-likeness (QED) is 0.198. The number of unbranched alkanes of at least 4 members (excludes halogenated alkanes) is 6. The van der Waals surface area contributed by atoms with Gasteiger partial charge in [-0.1, -0.05) is 52.4 Å². The highest BCUT2D eigenvalue weighted by molar-refractivity contribution is 7.10. The largest absolute Gasteiger partial charge is 0.380 e. The van der Waals surface area contributed by atoms with Crippen LogP contribution in [0.3, 0.4) is 0 Å². The average molecular weight is 509 g/mol. The van der Waals surface area contributed by atoms with Crippen LogP contribution < -0.4 is 0 Å². The van der Waals surface area contributed by atoms with Gasteiger partial charge in [0.1, 0.15) is 0 Å². The third-order valence-electron chi connectivity index (χ3n) is 6.21. The summed E-state index contributed by atoms with van der Waals surface area (Å²) in [6.45, 7) is 4.08. The number of alkyl halides is 6. The number of rotatable bonds is 12. The highest BCUT2D eigenvalue weighted by atomic mass is 32.1. The topological polar surface area (TPSA) is 0 Å². The minimum absolute atomic E-state index is 0.156. The Hall–Kier alpha value is -1.28. The van der Waals surface area contributed by atoms with Crippen LogP contribution in [0.4, 0.5) is 26.3 Å². The van der Waals surface area contributed by atoms with E-state index in [-0.39, 0.29) is 11.1 Å². The molecule has 33 heavy (non-hydrogen) atoms. The Morgan fingerprint density at radius 2 is 1.00 bits per heavy atom. The molecule has 0 aromatic carbocycles. The summed E-state index contributed by atoms with van der Waals surface area (Å²) >= 11 is 2.33. The third-order valence-corrected chi connectivity index (χ3v) is 8.17. The number of hydrogen-bond donors (Lipinski definition) is 0. The van der Waals surface area contributed by atoms with Crippen LogP contribution in [0.5, 0.6) is 0 Å². The normalized spacial score (nSPS) is 18.9. The van der Waals surface area contributed by atoms with Crippen molar-refractivity contribution in [3.05, 3.63) is 43.8 Å². The van der Waals surface area contributed by atoms with Gasteiger partial charge in [0, 0.05) is 20.9 Å². The lowest BCUT2D eigenvalue weighted by Gasteiger charge is -2.26. The van der Waals surface area contributed by atoms with Crippen molar-refractivity contribution in [3.8, 4) is 0 Å². The van der Waals surface area contributed by atoms with Gasteiger partial charge in [0.2, 0.25) is 0 Å². The maximum atomic E-state index is 15.1. The van der Waals surface area contributed by atoms with E-state index < -0.39 is 28.9 Å². The predicted molar refractivity (Wildman–Crippen MR) is 126 cm³/mol. The Morgan fingerprint density at radius 1 is 0.606 bits per heavy atom. The fourth-order valence-electron chi connectivity index (χ4n) is 4.37. The number of hydrogen-bond acceptors (Lipinski definition) is 2. The van der Waals surface area contributed by atoms with Crippen molar-refractivity contribution in [2.75, 3.05) is 0 Å². The third kappa shape index (κ3) is 4.79. The maximum absolute atomic E-state index is 15.1. The van der Waals surface area contributed by atoms with Crippen LogP contribution in [0.2, 0.25) is 0 Å². The van der Waals surface area contributed by atoms with Gasteiger partial charge >= 0.3 is 17.8 Å². The summed E-state index contributed by atoms with van der Waals surface area (Å²) in [6.07, 6.45) is 7.87. The van der Waals surface area contributed by atoms with Gasteiger partial charge in [0.15, 0.2) is 0 Å². The molecule has 0 saturated carbocycles. The van der Waals surface area contributed by atoms with Gasteiger partial charge in [-0.15, -0.1) is 22.7 Å². The van der Waals surface area contributed by atoms with Gasteiger partial charge in [-0.05, 0) is 59.7 Å². The van der Waals surface area contributed by atoms with Crippen LogP contribution in [0.1, 0.15) is 86.1 Å². The summed E-state index contributed by atoms with van der Waals surface area (Å²) in [4.78, 5) is 0.929. The lowest BCUT2D eigenvalue weighted by Crippen LogP contribution is -2.48. The summed E-state index contributed by atoms with van der Waals surface area (Å²) in [5.74, 6) is -15.4. The molecule has 0 aliphatic heterocycles. The van der Waals surface area contributed by atoms with E-state index in [2.05, 4.69) is 0 Å². The van der Waals surface area contributed by atoms with E-state index in [4.69, 9.17) is 0 Å². The number of allylic oxidation sites excluding steroid dienone is 2. The van der Waals surface area contributed by atoms with Crippen LogP contribution in [0.15, 0.2) is 22.9 Å². The molecule has 0 nitrogen and oxygen atoms in total. The van der Waals surface area contributed by atoms with Crippen molar-refractivity contribution in [2.45, 2.75) is 95.8 Å². The summed E-state index contributed by atoms with van der Waals surface area (Å²) in [5.41, 5.74) is -2.71. The van der Waals surface area contributed by atoms with Crippen molar-refractivity contribution < 1.29 is 26.3 Å². The van der Waals surface area contributed by atoms with Crippen molar-refractivity contribution >= 4 is 33.8 Å². The molecule has 1 aliphatic rings. The zero-order valence-electron chi connectivity index (χ0n) is 19.0. The molecule has 3 rings (SSSR count). The molecule has 0 atom stereocenters. The molecule has 0 saturated heterocycles. The molecule has 1 aliphatic carbocycles. The van der Waals surface area contributed by atoms with Gasteiger partial charge in [-0.2, -0.15) is 26.3 Å². The zero-order valence-corrected chi connectivity index (χ0v) is 20.6. The molecule has 0 radical (unpaired) electrons. The molecule has 0 fully saturated rings. The minimum Gasteiger partial charge on any atom is -0.194 e. The second kappa shape index (κ2) is 10.5. The first-order chi connectivity index (χ1) is 15.6. The maximum Gasteiger partial charge on any atom is 0.380 e. The minimum atomic E-state index is -5.49. The molecular weight excluding hydrogens is 478 g/mol. The molecule has 0 spiro atoms. The zero-order chi connectivity index (χ0) is 24.3. The van der Waals surface area contributed by atoms with E-state index >= 15 is 17.6 Å². The number of thiophene rings is 2. The van der Waals surface area contributed by atoms with E-state index in [0.717, 1.165) is 61.2 Å². The highest BCUT2D eigenvalue weighted by Crippen LogP contribution is 2.65. The Kier molecular flexibility index (Phi) is 8.41.